The van der Waals surface area contributed by atoms with Gasteiger partial charge in [0.25, 0.3) is 0 Å². The Morgan fingerprint density at radius 1 is 1.35 bits per heavy atom. The Hall–Kier alpha value is -1.30. The molecule has 0 aromatic rings. The predicted octanol–water partition coefficient (Wildman–Crippen LogP) is 1.84. The number of nitrogens with zero attached hydrogens (tertiary/aromatic N) is 1. The Labute approximate surface area is 120 Å². The highest BCUT2D eigenvalue weighted by atomic mass is 16.5. The van der Waals surface area contributed by atoms with Gasteiger partial charge in [-0.2, -0.15) is 0 Å². The Bertz CT molecular complexity index is 335. The number of nitrogens with one attached hydrogen (secondary N) is 1. The van der Waals surface area contributed by atoms with Gasteiger partial charge in [-0.1, -0.05) is 6.42 Å². The second-order valence-corrected chi connectivity index (χ2v) is 5.62. The maximum Gasteiger partial charge on any atom is 0.317 e. The lowest BCUT2D eigenvalue weighted by atomic mass is 9.95. The molecule has 6 nitrogen and oxygen atoms in total. The van der Waals surface area contributed by atoms with Crippen molar-refractivity contribution in [1.29, 1.82) is 0 Å². The summed E-state index contributed by atoms with van der Waals surface area (Å²) in [5.41, 5.74) is -0.239. The van der Waals surface area contributed by atoms with Gasteiger partial charge in [0.1, 0.15) is 0 Å². The molecule has 20 heavy (non-hydrogen) atoms. The summed E-state index contributed by atoms with van der Waals surface area (Å²) in [7, 11) is 1.68. The summed E-state index contributed by atoms with van der Waals surface area (Å²) < 4.78 is 5.46. The standard InChI is InChI=1S/C14H26N2O4/c1-14(20-2)8-6-10-16(11-14)13(19)15-9-5-3-4-7-12(17)18/h3-11H2,1-2H3,(H,15,19)(H,17,18). The third-order valence-electron chi connectivity index (χ3n) is 3.78. The molecule has 116 valence electrons. The van der Waals surface area contributed by atoms with Gasteiger partial charge in [-0.3, -0.25) is 4.79 Å². The van der Waals surface area contributed by atoms with Gasteiger partial charge in [-0.25, -0.2) is 4.79 Å². The zero-order valence-electron chi connectivity index (χ0n) is 12.5. The Balaban J connectivity index is 2.17. The minimum absolute atomic E-state index is 0.0498. The molecule has 0 aromatic heterocycles. The summed E-state index contributed by atoms with van der Waals surface area (Å²) in [6, 6.07) is -0.0498. The maximum absolute atomic E-state index is 12.0. The zero-order valence-corrected chi connectivity index (χ0v) is 12.5. The summed E-state index contributed by atoms with van der Waals surface area (Å²) in [5, 5.41) is 11.4. The van der Waals surface area contributed by atoms with Crippen LogP contribution in [-0.4, -0.2) is 54.4 Å². The van der Waals surface area contributed by atoms with E-state index in [1.54, 1.807) is 12.0 Å². The molecule has 1 heterocycles. The van der Waals surface area contributed by atoms with Crippen molar-refractivity contribution >= 4 is 12.0 Å². The topological polar surface area (TPSA) is 78.9 Å². The molecule has 1 unspecified atom stereocenters. The van der Waals surface area contributed by atoms with Crippen LogP contribution in [0.25, 0.3) is 0 Å². The van der Waals surface area contributed by atoms with E-state index in [0.717, 1.165) is 32.2 Å². The molecule has 2 amide bonds. The molecule has 0 bridgehead atoms. The second-order valence-electron chi connectivity index (χ2n) is 5.62. The van der Waals surface area contributed by atoms with E-state index in [1.165, 1.54) is 0 Å². The third kappa shape index (κ3) is 5.77. The molecule has 0 radical (unpaired) electrons. The number of hydrogen-bond donors (Lipinski definition) is 2. The number of amides is 2. The van der Waals surface area contributed by atoms with Crippen molar-refractivity contribution in [3.05, 3.63) is 0 Å². The number of unbranched alkanes of at least 4 members (excludes halogenated alkanes) is 2. The van der Waals surface area contributed by atoms with E-state index in [1.807, 2.05) is 6.92 Å². The number of hydrogen-bond acceptors (Lipinski definition) is 3. The van der Waals surface area contributed by atoms with Crippen LogP contribution in [0.2, 0.25) is 0 Å². The molecule has 1 atom stereocenters. The van der Waals surface area contributed by atoms with Crippen LogP contribution in [0.5, 0.6) is 0 Å². The number of carboxylic acids is 1. The van der Waals surface area contributed by atoms with Gasteiger partial charge in [-0.05, 0) is 32.6 Å². The summed E-state index contributed by atoms with van der Waals surface area (Å²) in [5.74, 6) is -0.763. The highest BCUT2D eigenvalue weighted by Gasteiger charge is 2.32. The lowest BCUT2D eigenvalue weighted by molar-refractivity contribution is -0.137. The van der Waals surface area contributed by atoms with Crippen molar-refractivity contribution in [3.8, 4) is 0 Å². The first-order valence-electron chi connectivity index (χ1n) is 7.26. The summed E-state index contributed by atoms with van der Waals surface area (Å²) in [4.78, 5) is 24.2. The first kappa shape index (κ1) is 16.8. The van der Waals surface area contributed by atoms with E-state index >= 15 is 0 Å². The minimum Gasteiger partial charge on any atom is -0.481 e. The van der Waals surface area contributed by atoms with Gasteiger partial charge >= 0.3 is 12.0 Å². The molecule has 2 N–H and O–H groups in total. The second kappa shape index (κ2) is 8.09. The summed E-state index contributed by atoms with van der Waals surface area (Å²) in [6.45, 7) is 4.01. The van der Waals surface area contributed by atoms with Gasteiger partial charge in [0.2, 0.25) is 0 Å². The van der Waals surface area contributed by atoms with E-state index in [-0.39, 0.29) is 18.1 Å². The van der Waals surface area contributed by atoms with E-state index in [9.17, 15) is 9.59 Å². The number of piperidine rings is 1. The number of ether oxygens (including phenoxy) is 1. The van der Waals surface area contributed by atoms with Crippen LogP contribution in [0.4, 0.5) is 4.79 Å². The lowest BCUT2D eigenvalue weighted by Gasteiger charge is -2.39. The van der Waals surface area contributed by atoms with Crippen LogP contribution < -0.4 is 5.32 Å². The smallest absolute Gasteiger partial charge is 0.317 e. The molecule has 0 spiro atoms. The van der Waals surface area contributed by atoms with Gasteiger partial charge in [0, 0.05) is 26.6 Å². The number of methoxy groups -OCH3 is 1. The number of rotatable bonds is 7. The summed E-state index contributed by atoms with van der Waals surface area (Å²) in [6.07, 6.45) is 4.43. The number of carbonyl (C=O) groups is 2. The number of carbonyl (C=O) groups excluding carboxylic acids is 1. The Kier molecular flexibility index (Phi) is 6.78. The normalized spacial score (nSPS) is 22.6. The molecule has 0 aliphatic carbocycles. The molecule has 1 aliphatic heterocycles. The van der Waals surface area contributed by atoms with Crippen LogP contribution in [-0.2, 0) is 9.53 Å². The largest absolute Gasteiger partial charge is 0.481 e. The van der Waals surface area contributed by atoms with Crippen LogP contribution >= 0.6 is 0 Å². The molecule has 1 rings (SSSR count). The van der Waals surface area contributed by atoms with Gasteiger partial charge in [0.15, 0.2) is 0 Å². The van der Waals surface area contributed by atoms with E-state index in [2.05, 4.69) is 5.32 Å². The molecular weight excluding hydrogens is 260 g/mol. The fraction of sp³-hybridized carbons (Fsp3) is 0.857. The number of likely N-dealkylation sites (tertiary alicyclic amines) is 1. The zero-order chi connectivity index (χ0) is 15.0. The van der Waals surface area contributed by atoms with E-state index in [4.69, 9.17) is 9.84 Å². The highest BCUT2D eigenvalue weighted by Crippen LogP contribution is 2.23. The van der Waals surface area contributed by atoms with Crippen LogP contribution in [0.3, 0.4) is 0 Å². The molecule has 0 aromatic carbocycles. The Morgan fingerprint density at radius 2 is 2.10 bits per heavy atom. The van der Waals surface area contributed by atoms with Crippen LogP contribution in [0.1, 0.15) is 45.4 Å². The fourth-order valence-electron chi connectivity index (χ4n) is 2.43. The Morgan fingerprint density at radius 3 is 2.75 bits per heavy atom. The van der Waals surface area contributed by atoms with Crippen molar-refractivity contribution < 1.29 is 19.4 Å². The predicted molar refractivity (Wildman–Crippen MR) is 75.7 cm³/mol. The fourth-order valence-corrected chi connectivity index (χ4v) is 2.43. The number of aliphatic carboxylic acids is 1. The maximum atomic E-state index is 12.0. The highest BCUT2D eigenvalue weighted by molar-refractivity contribution is 5.74. The molecule has 1 fully saturated rings. The third-order valence-corrected chi connectivity index (χ3v) is 3.78. The SMILES string of the molecule is COC1(C)CCCN(C(=O)NCCCCCC(=O)O)C1. The van der Waals surface area contributed by atoms with Crippen molar-refractivity contribution in [2.24, 2.45) is 0 Å². The molecular formula is C14H26N2O4. The monoisotopic (exact) mass is 286 g/mol. The molecule has 1 saturated heterocycles. The van der Waals surface area contributed by atoms with Gasteiger partial charge < -0.3 is 20.1 Å². The van der Waals surface area contributed by atoms with Gasteiger partial charge in [-0.15, -0.1) is 0 Å². The van der Waals surface area contributed by atoms with E-state index in [0.29, 0.717) is 19.5 Å². The van der Waals surface area contributed by atoms with Gasteiger partial charge in [0.05, 0.1) is 12.1 Å². The van der Waals surface area contributed by atoms with Crippen LogP contribution in [0, 0.1) is 0 Å². The summed E-state index contributed by atoms with van der Waals surface area (Å²) >= 11 is 0. The van der Waals surface area contributed by atoms with Crippen molar-refractivity contribution in [2.75, 3.05) is 26.7 Å². The number of carboxylic acid groups (broad SMARTS) is 1. The van der Waals surface area contributed by atoms with Crippen LogP contribution in [0.15, 0.2) is 0 Å². The average molecular weight is 286 g/mol. The van der Waals surface area contributed by atoms with Crippen molar-refractivity contribution in [1.82, 2.24) is 10.2 Å². The molecule has 6 heteroatoms. The first-order chi connectivity index (χ1) is 9.47. The van der Waals surface area contributed by atoms with Crippen molar-refractivity contribution in [2.45, 2.75) is 51.0 Å². The molecule has 0 saturated carbocycles. The number of urea groups is 1. The lowest BCUT2D eigenvalue weighted by Crippen LogP contribution is -2.52. The van der Waals surface area contributed by atoms with E-state index < -0.39 is 5.97 Å². The van der Waals surface area contributed by atoms with Crippen molar-refractivity contribution in [3.63, 3.8) is 0 Å². The quantitative estimate of drug-likeness (QED) is 0.700. The minimum atomic E-state index is -0.763. The average Bonchev–Trinajstić information content (AvgIpc) is 2.42. The molecule has 1 aliphatic rings. The first-order valence-corrected chi connectivity index (χ1v) is 7.26.